The molecule has 1 atom stereocenters. The fourth-order valence-electron chi connectivity index (χ4n) is 1.65. The van der Waals surface area contributed by atoms with Crippen molar-refractivity contribution in [3.05, 3.63) is 41.6 Å². The zero-order valence-corrected chi connectivity index (χ0v) is 8.96. The van der Waals surface area contributed by atoms with Crippen LogP contribution >= 0.6 is 0 Å². The van der Waals surface area contributed by atoms with Gasteiger partial charge in [-0.15, -0.1) is 0 Å². The molecule has 2 rings (SSSR count). The zero-order chi connectivity index (χ0) is 11.5. The van der Waals surface area contributed by atoms with Crippen molar-refractivity contribution in [2.24, 2.45) is 0 Å². The maximum Gasteiger partial charge on any atom is 0.416 e. The quantitative estimate of drug-likeness (QED) is 0.787. The van der Waals surface area contributed by atoms with E-state index in [-0.39, 0.29) is 6.61 Å². The minimum atomic E-state index is -0.972. The molecule has 1 aromatic carbocycles. The Bertz CT molecular complexity index is 428. The Morgan fingerprint density at radius 1 is 1.50 bits per heavy atom. The largest absolute Gasteiger partial charge is 0.449 e. The van der Waals surface area contributed by atoms with Gasteiger partial charge in [0.05, 0.1) is 6.61 Å². The molecule has 0 bridgehead atoms. The summed E-state index contributed by atoms with van der Waals surface area (Å²) in [6.07, 6.45) is 1.80. The molecule has 16 heavy (non-hydrogen) atoms. The van der Waals surface area contributed by atoms with E-state index in [0.29, 0.717) is 5.56 Å². The number of ether oxygens (including phenoxy) is 1. The van der Waals surface area contributed by atoms with Crippen LogP contribution in [0.25, 0.3) is 6.08 Å². The lowest BCUT2D eigenvalue weighted by molar-refractivity contribution is 0.0246. The summed E-state index contributed by atoms with van der Waals surface area (Å²) in [7, 11) is 0. The molecule has 1 unspecified atom stereocenters. The third-order valence-electron chi connectivity index (χ3n) is 2.43. The number of rotatable bonds is 1. The topological polar surface area (TPSA) is 49.8 Å². The Morgan fingerprint density at radius 2 is 2.25 bits per heavy atom. The van der Waals surface area contributed by atoms with Gasteiger partial charge in [0.25, 0.3) is 0 Å². The number of aliphatic hydroxyl groups excluding tert-OH is 1. The molecule has 0 radical (unpaired) electrons. The van der Waals surface area contributed by atoms with Crippen molar-refractivity contribution in [1.29, 1.82) is 0 Å². The van der Waals surface area contributed by atoms with Crippen LogP contribution < -0.4 is 0 Å². The smallest absolute Gasteiger partial charge is 0.416 e. The van der Waals surface area contributed by atoms with Crippen LogP contribution in [0.4, 0.5) is 4.79 Å². The molecule has 1 amide bonds. The van der Waals surface area contributed by atoms with Gasteiger partial charge < -0.3 is 9.84 Å². The molecule has 4 heteroatoms. The highest BCUT2D eigenvalue weighted by Crippen LogP contribution is 2.28. The molecular formula is C12H13NO3. The van der Waals surface area contributed by atoms with Crippen molar-refractivity contribution < 1.29 is 14.6 Å². The van der Waals surface area contributed by atoms with E-state index in [1.54, 1.807) is 19.1 Å². The summed E-state index contributed by atoms with van der Waals surface area (Å²) in [5.74, 6) is 0. The van der Waals surface area contributed by atoms with Gasteiger partial charge in [0, 0.05) is 11.8 Å². The second kappa shape index (κ2) is 4.37. The lowest BCUT2D eigenvalue weighted by Gasteiger charge is -2.28. The molecule has 0 saturated carbocycles. The van der Waals surface area contributed by atoms with Crippen molar-refractivity contribution in [1.82, 2.24) is 4.90 Å². The normalized spacial score (nSPS) is 18.1. The van der Waals surface area contributed by atoms with Crippen LogP contribution in [-0.2, 0) is 4.74 Å². The van der Waals surface area contributed by atoms with E-state index in [1.807, 2.05) is 18.2 Å². The number of aliphatic hydroxyl groups is 1. The number of amides is 1. The summed E-state index contributed by atoms with van der Waals surface area (Å²) >= 11 is 0. The molecule has 1 aliphatic rings. The summed E-state index contributed by atoms with van der Waals surface area (Å²) in [4.78, 5) is 12.7. The highest BCUT2D eigenvalue weighted by molar-refractivity contribution is 5.73. The molecule has 1 aromatic rings. The Kier molecular flexibility index (Phi) is 2.92. The highest BCUT2D eigenvalue weighted by atomic mass is 16.6. The third-order valence-corrected chi connectivity index (χ3v) is 2.43. The second-order valence-electron chi connectivity index (χ2n) is 3.42. The van der Waals surface area contributed by atoms with Gasteiger partial charge in [-0.2, -0.15) is 0 Å². The SMILES string of the molecule is CCOC(=O)N1C=Cc2ccccc2C1O. The lowest BCUT2D eigenvalue weighted by Crippen LogP contribution is -2.32. The highest BCUT2D eigenvalue weighted by Gasteiger charge is 2.26. The van der Waals surface area contributed by atoms with Crippen LogP contribution in [0, 0.1) is 0 Å². The minimum absolute atomic E-state index is 0.289. The average molecular weight is 219 g/mol. The van der Waals surface area contributed by atoms with Crippen LogP contribution in [0.3, 0.4) is 0 Å². The first-order chi connectivity index (χ1) is 7.74. The maximum absolute atomic E-state index is 11.5. The van der Waals surface area contributed by atoms with E-state index in [2.05, 4.69) is 0 Å². The molecule has 4 nitrogen and oxygen atoms in total. The standard InChI is InChI=1S/C12H13NO3/c1-2-16-12(15)13-8-7-9-5-3-4-6-10(9)11(13)14/h3-8,11,14H,2H2,1H3. The fourth-order valence-corrected chi connectivity index (χ4v) is 1.65. The number of carbonyl (C=O) groups is 1. The first-order valence-electron chi connectivity index (χ1n) is 5.14. The number of carbonyl (C=O) groups excluding carboxylic acids is 1. The average Bonchev–Trinajstić information content (AvgIpc) is 2.30. The molecule has 0 spiro atoms. The molecule has 1 aliphatic heterocycles. The summed E-state index contributed by atoms with van der Waals surface area (Å²) in [6.45, 7) is 2.02. The first kappa shape index (κ1) is 10.7. The Hall–Kier alpha value is -1.81. The zero-order valence-electron chi connectivity index (χ0n) is 8.96. The van der Waals surface area contributed by atoms with E-state index >= 15 is 0 Å². The molecule has 0 fully saturated rings. The molecule has 0 aliphatic carbocycles. The van der Waals surface area contributed by atoms with Gasteiger partial charge in [0.2, 0.25) is 0 Å². The van der Waals surface area contributed by atoms with Crippen molar-refractivity contribution in [3.63, 3.8) is 0 Å². The molecule has 1 heterocycles. The third kappa shape index (κ3) is 1.79. The van der Waals surface area contributed by atoms with Gasteiger partial charge in [-0.25, -0.2) is 4.79 Å². The van der Waals surface area contributed by atoms with Crippen molar-refractivity contribution in [2.75, 3.05) is 6.61 Å². The molecule has 0 saturated heterocycles. The van der Waals surface area contributed by atoms with Gasteiger partial charge in [-0.3, -0.25) is 4.90 Å². The summed E-state index contributed by atoms with van der Waals surface area (Å²) in [5, 5.41) is 9.99. The number of benzene rings is 1. The van der Waals surface area contributed by atoms with E-state index < -0.39 is 12.3 Å². The summed E-state index contributed by atoms with van der Waals surface area (Å²) < 4.78 is 4.84. The number of fused-ring (bicyclic) bond motifs is 1. The van der Waals surface area contributed by atoms with E-state index in [0.717, 1.165) is 5.56 Å². The molecule has 84 valence electrons. The van der Waals surface area contributed by atoms with Crippen LogP contribution in [0.15, 0.2) is 30.5 Å². The summed E-state index contributed by atoms with van der Waals surface area (Å²) in [6, 6.07) is 7.38. The van der Waals surface area contributed by atoms with E-state index in [9.17, 15) is 9.90 Å². The predicted molar refractivity (Wildman–Crippen MR) is 59.3 cm³/mol. The van der Waals surface area contributed by atoms with Gasteiger partial charge in [-0.05, 0) is 18.6 Å². The second-order valence-corrected chi connectivity index (χ2v) is 3.42. The van der Waals surface area contributed by atoms with Gasteiger partial charge in [0.15, 0.2) is 6.23 Å². The summed E-state index contributed by atoms with van der Waals surface area (Å²) in [5.41, 5.74) is 1.62. The minimum Gasteiger partial charge on any atom is -0.449 e. The number of hydrogen-bond acceptors (Lipinski definition) is 3. The lowest BCUT2D eigenvalue weighted by atomic mass is 10.0. The Labute approximate surface area is 93.8 Å². The maximum atomic E-state index is 11.5. The monoisotopic (exact) mass is 219 g/mol. The fraction of sp³-hybridized carbons (Fsp3) is 0.250. The Balaban J connectivity index is 2.27. The molecule has 1 N–H and O–H groups in total. The van der Waals surface area contributed by atoms with Crippen LogP contribution in [-0.4, -0.2) is 22.7 Å². The number of hydrogen-bond donors (Lipinski definition) is 1. The van der Waals surface area contributed by atoms with Crippen molar-refractivity contribution in [2.45, 2.75) is 13.2 Å². The molecular weight excluding hydrogens is 206 g/mol. The van der Waals surface area contributed by atoms with E-state index in [4.69, 9.17) is 4.74 Å². The predicted octanol–water partition coefficient (Wildman–Crippen LogP) is 2.12. The van der Waals surface area contributed by atoms with Gasteiger partial charge in [-0.1, -0.05) is 24.3 Å². The molecule has 0 aromatic heterocycles. The number of nitrogens with zero attached hydrogens (tertiary/aromatic N) is 1. The van der Waals surface area contributed by atoms with Crippen LogP contribution in [0.1, 0.15) is 24.3 Å². The first-order valence-corrected chi connectivity index (χ1v) is 5.14. The van der Waals surface area contributed by atoms with Crippen LogP contribution in [0.5, 0.6) is 0 Å². The van der Waals surface area contributed by atoms with Crippen LogP contribution in [0.2, 0.25) is 0 Å². The van der Waals surface area contributed by atoms with E-state index in [1.165, 1.54) is 11.1 Å². The Morgan fingerprint density at radius 3 is 3.00 bits per heavy atom. The van der Waals surface area contributed by atoms with Crippen molar-refractivity contribution >= 4 is 12.2 Å². The van der Waals surface area contributed by atoms with Crippen molar-refractivity contribution in [3.8, 4) is 0 Å². The van der Waals surface area contributed by atoms with Gasteiger partial charge in [0.1, 0.15) is 0 Å². The van der Waals surface area contributed by atoms with Gasteiger partial charge >= 0.3 is 6.09 Å².